The Bertz CT molecular complexity index is 1110. The van der Waals surface area contributed by atoms with Gasteiger partial charge in [0.1, 0.15) is 24.1 Å². The van der Waals surface area contributed by atoms with E-state index in [1.165, 1.54) is 31.0 Å². The third-order valence-corrected chi connectivity index (χ3v) is 4.50. The highest BCUT2D eigenvalue weighted by molar-refractivity contribution is 7.98. The maximum absolute atomic E-state index is 13.3. The van der Waals surface area contributed by atoms with Crippen molar-refractivity contribution in [3.05, 3.63) is 69.8 Å². The fourth-order valence-electron chi connectivity index (χ4n) is 2.58. The minimum atomic E-state index is -0.498. The van der Waals surface area contributed by atoms with Gasteiger partial charge in [-0.1, -0.05) is 23.9 Å². The molecule has 2 aromatic carbocycles. The van der Waals surface area contributed by atoms with Gasteiger partial charge in [0, 0.05) is 5.56 Å². The van der Waals surface area contributed by atoms with Crippen LogP contribution in [0.5, 0.6) is 11.5 Å². The van der Waals surface area contributed by atoms with Crippen molar-refractivity contribution in [3.63, 3.8) is 0 Å². The molecule has 0 spiro atoms. The number of nitriles is 1. The number of halogens is 1. The van der Waals surface area contributed by atoms with Gasteiger partial charge in [-0.15, -0.1) is 0 Å². The van der Waals surface area contributed by atoms with E-state index in [0.717, 1.165) is 0 Å². The number of aromatic amines is 1. The molecule has 8 heteroatoms. The van der Waals surface area contributed by atoms with Gasteiger partial charge in [0.05, 0.1) is 12.8 Å². The van der Waals surface area contributed by atoms with Crippen molar-refractivity contribution in [1.29, 1.82) is 5.26 Å². The number of rotatable bonds is 6. The van der Waals surface area contributed by atoms with Crippen LogP contribution in [0.25, 0.3) is 11.3 Å². The summed E-state index contributed by atoms with van der Waals surface area (Å²) in [5.41, 5.74) is 0.924. The molecule has 3 aromatic rings. The lowest BCUT2D eigenvalue weighted by atomic mass is 10.1. The van der Waals surface area contributed by atoms with Crippen LogP contribution >= 0.6 is 11.8 Å². The van der Waals surface area contributed by atoms with Crippen LogP contribution < -0.4 is 15.0 Å². The summed E-state index contributed by atoms with van der Waals surface area (Å²) in [6.07, 6.45) is 1.78. The van der Waals surface area contributed by atoms with Gasteiger partial charge < -0.3 is 14.5 Å². The van der Waals surface area contributed by atoms with Crippen molar-refractivity contribution in [1.82, 2.24) is 9.97 Å². The molecule has 0 fully saturated rings. The van der Waals surface area contributed by atoms with E-state index in [1.807, 2.05) is 6.07 Å². The highest BCUT2D eigenvalue weighted by Crippen LogP contribution is 2.33. The minimum Gasteiger partial charge on any atom is -0.493 e. The van der Waals surface area contributed by atoms with E-state index in [-0.39, 0.29) is 23.7 Å². The highest BCUT2D eigenvalue weighted by Gasteiger charge is 2.16. The Labute approximate surface area is 165 Å². The number of nitrogens with zero attached hydrogens (tertiary/aromatic N) is 2. The average Bonchev–Trinajstić information content (AvgIpc) is 2.71. The van der Waals surface area contributed by atoms with Crippen LogP contribution in [0, 0.1) is 17.1 Å². The molecular weight excluding hydrogens is 381 g/mol. The van der Waals surface area contributed by atoms with E-state index >= 15 is 0 Å². The van der Waals surface area contributed by atoms with E-state index in [0.29, 0.717) is 27.8 Å². The molecule has 1 N–H and O–H groups in total. The zero-order valence-electron chi connectivity index (χ0n) is 15.2. The Morgan fingerprint density at radius 1 is 1.25 bits per heavy atom. The topological polar surface area (TPSA) is 88.0 Å². The molecule has 0 aliphatic rings. The van der Waals surface area contributed by atoms with Crippen LogP contribution in [0.4, 0.5) is 4.39 Å². The molecule has 0 atom stereocenters. The smallest absolute Gasteiger partial charge is 0.270 e. The fraction of sp³-hybridized carbons (Fsp3) is 0.150. The van der Waals surface area contributed by atoms with Gasteiger partial charge in [0.25, 0.3) is 5.56 Å². The number of aromatic nitrogens is 2. The lowest BCUT2D eigenvalue weighted by Gasteiger charge is -2.13. The maximum atomic E-state index is 13.3. The molecule has 142 valence electrons. The van der Waals surface area contributed by atoms with Gasteiger partial charge in [0.2, 0.25) is 0 Å². The molecule has 1 heterocycles. The van der Waals surface area contributed by atoms with Gasteiger partial charge in [0.15, 0.2) is 16.7 Å². The summed E-state index contributed by atoms with van der Waals surface area (Å²) in [7, 11) is 1.48. The number of hydrogen-bond donors (Lipinski definition) is 1. The molecule has 6 nitrogen and oxygen atoms in total. The Balaban J connectivity index is 1.95. The zero-order valence-corrected chi connectivity index (χ0v) is 16.0. The summed E-state index contributed by atoms with van der Waals surface area (Å²) in [5, 5.41) is 9.74. The van der Waals surface area contributed by atoms with E-state index in [4.69, 9.17) is 9.47 Å². The van der Waals surface area contributed by atoms with E-state index in [9.17, 15) is 14.4 Å². The zero-order chi connectivity index (χ0) is 20.1. The molecule has 0 bridgehead atoms. The number of methoxy groups -OCH3 is 1. The van der Waals surface area contributed by atoms with Crippen molar-refractivity contribution in [2.45, 2.75) is 11.8 Å². The van der Waals surface area contributed by atoms with Crippen LogP contribution in [-0.2, 0) is 6.61 Å². The quantitative estimate of drug-likeness (QED) is 0.503. The van der Waals surface area contributed by atoms with Crippen LogP contribution in [0.3, 0.4) is 0 Å². The number of hydrogen-bond acceptors (Lipinski definition) is 6. The number of H-pyrrole nitrogens is 1. The van der Waals surface area contributed by atoms with Gasteiger partial charge in [-0.05, 0) is 42.2 Å². The Hall–Kier alpha value is -3.31. The fourth-order valence-corrected chi connectivity index (χ4v) is 2.96. The summed E-state index contributed by atoms with van der Waals surface area (Å²) in [6.45, 7) is 0.163. The second kappa shape index (κ2) is 8.59. The van der Waals surface area contributed by atoms with Gasteiger partial charge in [-0.25, -0.2) is 9.37 Å². The van der Waals surface area contributed by atoms with E-state index in [1.54, 1.807) is 36.6 Å². The number of benzene rings is 2. The highest BCUT2D eigenvalue weighted by atomic mass is 32.2. The first kappa shape index (κ1) is 19.5. The summed E-state index contributed by atoms with van der Waals surface area (Å²) in [5.74, 6) is 0.520. The van der Waals surface area contributed by atoms with E-state index < -0.39 is 5.56 Å². The number of thioether (sulfide) groups is 1. The van der Waals surface area contributed by atoms with Crippen molar-refractivity contribution < 1.29 is 13.9 Å². The van der Waals surface area contributed by atoms with E-state index in [2.05, 4.69) is 9.97 Å². The third-order valence-electron chi connectivity index (χ3n) is 3.92. The largest absolute Gasteiger partial charge is 0.493 e. The molecule has 0 aliphatic heterocycles. The number of nitrogens with one attached hydrogen (secondary N) is 1. The molecule has 0 aliphatic carbocycles. The first-order chi connectivity index (χ1) is 13.5. The molecule has 1 aromatic heterocycles. The average molecular weight is 397 g/mol. The first-order valence-corrected chi connectivity index (χ1v) is 9.42. The van der Waals surface area contributed by atoms with Crippen molar-refractivity contribution in [2.75, 3.05) is 13.4 Å². The normalized spacial score (nSPS) is 10.4. The molecule has 0 unspecified atom stereocenters. The third kappa shape index (κ3) is 4.15. The van der Waals surface area contributed by atoms with Gasteiger partial charge in [-0.3, -0.25) is 4.79 Å². The minimum absolute atomic E-state index is 0.0757. The van der Waals surface area contributed by atoms with Crippen LogP contribution in [0.1, 0.15) is 11.1 Å². The van der Waals surface area contributed by atoms with Gasteiger partial charge in [-0.2, -0.15) is 5.26 Å². The second-order valence-corrected chi connectivity index (χ2v) is 6.49. The SMILES string of the molecule is COc1cc(-c2nc(SC)[nH]c(=O)c2C#N)ccc1OCc1cccc(F)c1. The van der Waals surface area contributed by atoms with Crippen molar-refractivity contribution >= 4 is 11.8 Å². The maximum Gasteiger partial charge on any atom is 0.270 e. The van der Waals surface area contributed by atoms with Crippen molar-refractivity contribution in [2.24, 2.45) is 0 Å². The van der Waals surface area contributed by atoms with Crippen LogP contribution in [0.15, 0.2) is 52.4 Å². The van der Waals surface area contributed by atoms with Crippen LogP contribution in [-0.4, -0.2) is 23.3 Å². The molecule has 28 heavy (non-hydrogen) atoms. The van der Waals surface area contributed by atoms with Gasteiger partial charge >= 0.3 is 0 Å². The number of ether oxygens (including phenoxy) is 2. The molecule has 0 saturated heterocycles. The Morgan fingerprint density at radius 3 is 2.75 bits per heavy atom. The van der Waals surface area contributed by atoms with Crippen LogP contribution in [0.2, 0.25) is 0 Å². The summed E-state index contributed by atoms with van der Waals surface area (Å²) < 4.78 is 24.4. The molecule has 0 amide bonds. The molecule has 0 radical (unpaired) electrons. The summed E-state index contributed by atoms with van der Waals surface area (Å²) >= 11 is 1.27. The first-order valence-electron chi connectivity index (χ1n) is 8.19. The molecule has 0 saturated carbocycles. The molecule has 3 rings (SSSR count). The molecular formula is C20H16FN3O3S. The lowest BCUT2D eigenvalue weighted by molar-refractivity contribution is 0.284. The monoisotopic (exact) mass is 397 g/mol. The lowest BCUT2D eigenvalue weighted by Crippen LogP contribution is -2.14. The predicted molar refractivity (Wildman–Crippen MR) is 104 cm³/mol. The standard InChI is InChI=1S/C20H16FN3O3S/c1-26-17-9-13(18-15(10-22)19(25)24-20(23-18)28-2)6-7-16(17)27-11-12-4-3-5-14(21)8-12/h3-9H,11H2,1-2H3,(H,23,24,25). The Kier molecular flexibility index (Phi) is 5.96. The Morgan fingerprint density at radius 2 is 2.07 bits per heavy atom. The summed E-state index contributed by atoms with van der Waals surface area (Å²) in [4.78, 5) is 19.0. The van der Waals surface area contributed by atoms with Crippen molar-refractivity contribution in [3.8, 4) is 28.8 Å². The predicted octanol–water partition coefficient (Wildman–Crippen LogP) is 3.76. The summed E-state index contributed by atoms with van der Waals surface area (Å²) in [6, 6.07) is 13.0. The second-order valence-electron chi connectivity index (χ2n) is 5.69.